The van der Waals surface area contributed by atoms with Crippen LogP contribution in [-0.2, 0) is 6.54 Å². The third kappa shape index (κ3) is 4.95. The summed E-state index contributed by atoms with van der Waals surface area (Å²) in [5.74, 6) is 0. The monoisotopic (exact) mass is 350 g/mol. The van der Waals surface area contributed by atoms with E-state index in [2.05, 4.69) is 36.2 Å². The highest BCUT2D eigenvalue weighted by molar-refractivity contribution is 6.31. The van der Waals surface area contributed by atoms with Gasteiger partial charge in [-0.1, -0.05) is 73.4 Å². The Morgan fingerprint density at radius 3 is 2.13 bits per heavy atom. The van der Waals surface area contributed by atoms with Crippen LogP contribution in [0.15, 0.2) is 48.5 Å². The first-order valence-electron chi connectivity index (χ1n) is 8.10. The molecule has 0 saturated heterocycles. The molecule has 0 aliphatic carbocycles. The van der Waals surface area contributed by atoms with Crippen LogP contribution in [0.2, 0.25) is 10.0 Å². The molecule has 2 nitrogen and oxygen atoms in total. The van der Waals surface area contributed by atoms with E-state index in [1.807, 2.05) is 36.4 Å². The summed E-state index contributed by atoms with van der Waals surface area (Å²) in [5.41, 5.74) is 2.29. The Hall–Kier alpha value is -1.06. The Morgan fingerprint density at radius 2 is 1.52 bits per heavy atom. The van der Waals surface area contributed by atoms with Crippen LogP contribution in [0.4, 0.5) is 0 Å². The molecule has 0 spiro atoms. The van der Waals surface area contributed by atoms with Crippen molar-refractivity contribution in [3.8, 4) is 0 Å². The highest BCUT2D eigenvalue weighted by Crippen LogP contribution is 2.27. The number of halogens is 2. The molecule has 2 aromatic rings. The van der Waals surface area contributed by atoms with Crippen LogP contribution in [0.25, 0.3) is 0 Å². The van der Waals surface area contributed by atoms with E-state index >= 15 is 0 Å². The van der Waals surface area contributed by atoms with Gasteiger partial charge in [-0.3, -0.25) is 4.90 Å². The lowest BCUT2D eigenvalue weighted by molar-refractivity contribution is 0.213. The van der Waals surface area contributed by atoms with Gasteiger partial charge in [0.05, 0.1) is 0 Å². The van der Waals surface area contributed by atoms with Crippen molar-refractivity contribution in [1.82, 2.24) is 10.2 Å². The first-order chi connectivity index (χ1) is 11.2. The number of likely N-dealkylation sites (N-methyl/N-ethyl adjacent to an activating group) is 1. The fraction of sp³-hybridized carbons (Fsp3) is 0.368. The summed E-state index contributed by atoms with van der Waals surface area (Å²) in [6, 6.07) is 16.3. The minimum Gasteiger partial charge on any atom is -0.311 e. The molecule has 0 heterocycles. The summed E-state index contributed by atoms with van der Waals surface area (Å²) < 4.78 is 0. The minimum atomic E-state index is 0.251. The quantitative estimate of drug-likeness (QED) is 0.706. The zero-order chi connectivity index (χ0) is 16.7. The molecule has 124 valence electrons. The Morgan fingerprint density at radius 1 is 0.913 bits per heavy atom. The molecule has 2 rings (SSSR count). The van der Waals surface area contributed by atoms with Crippen LogP contribution in [0.1, 0.15) is 31.0 Å². The second kappa shape index (κ2) is 9.29. The molecule has 1 atom stereocenters. The molecule has 1 unspecified atom stereocenters. The van der Waals surface area contributed by atoms with Crippen molar-refractivity contribution < 1.29 is 0 Å². The van der Waals surface area contributed by atoms with E-state index in [0.29, 0.717) is 0 Å². The van der Waals surface area contributed by atoms with Crippen LogP contribution in [0.3, 0.4) is 0 Å². The normalized spacial score (nSPS) is 12.6. The van der Waals surface area contributed by atoms with Crippen LogP contribution >= 0.6 is 23.2 Å². The second-order valence-corrected chi connectivity index (χ2v) is 6.30. The van der Waals surface area contributed by atoms with Gasteiger partial charge in [0, 0.05) is 29.2 Å². The molecular formula is C19H24Cl2N2. The van der Waals surface area contributed by atoms with Gasteiger partial charge in [0.25, 0.3) is 0 Å². The maximum atomic E-state index is 6.42. The molecule has 4 heteroatoms. The highest BCUT2D eigenvalue weighted by Gasteiger charge is 2.19. The summed E-state index contributed by atoms with van der Waals surface area (Å²) in [7, 11) is 0. The third-order valence-electron chi connectivity index (χ3n) is 4.13. The summed E-state index contributed by atoms with van der Waals surface area (Å²) in [4.78, 5) is 2.42. The molecule has 2 aromatic carbocycles. The molecule has 0 amide bonds. The number of rotatable bonds is 8. The van der Waals surface area contributed by atoms with Gasteiger partial charge in [0.2, 0.25) is 0 Å². The van der Waals surface area contributed by atoms with E-state index in [9.17, 15) is 0 Å². The zero-order valence-electron chi connectivity index (χ0n) is 13.7. The predicted octanol–water partition coefficient (Wildman–Crippen LogP) is 5.17. The number of nitrogens with one attached hydrogen (secondary N) is 1. The molecule has 0 aromatic heterocycles. The maximum absolute atomic E-state index is 6.42. The first-order valence-corrected chi connectivity index (χ1v) is 8.85. The van der Waals surface area contributed by atoms with E-state index in [1.54, 1.807) is 0 Å². The Balaban J connectivity index is 2.09. The van der Waals surface area contributed by atoms with Crippen molar-refractivity contribution in [3.05, 3.63) is 69.7 Å². The molecule has 0 aliphatic rings. The number of hydrogen-bond acceptors (Lipinski definition) is 2. The average molecular weight is 351 g/mol. The van der Waals surface area contributed by atoms with Crippen LogP contribution in [-0.4, -0.2) is 24.5 Å². The van der Waals surface area contributed by atoms with Crippen molar-refractivity contribution in [2.75, 3.05) is 19.6 Å². The topological polar surface area (TPSA) is 15.3 Å². The smallest absolute Gasteiger partial charge is 0.0487 e. The lowest BCUT2D eigenvalue weighted by Gasteiger charge is -2.31. The molecule has 0 fully saturated rings. The van der Waals surface area contributed by atoms with Crippen LogP contribution in [0, 0.1) is 0 Å². The summed E-state index contributed by atoms with van der Waals surface area (Å²) in [6.45, 7) is 7.92. The highest BCUT2D eigenvalue weighted by atomic mass is 35.5. The summed E-state index contributed by atoms with van der Waals surface area (Å²) >= 11 is 12.6. The number of hydrogen-bond donors (Lipinski definition) is 1. The van der Waals surface area contributed by atoms with E-state index in [-0.39, 0.29) is 6.04 Å². The van der Waals surface area contributed by atoms with E-state index in [1.165, 1.54) is 5.56 Å². The first kappa shape index (κ1) is 18.3. The van der Waals surface area contributed by atoms with Gasteiger partial charge in [0.15, 0.2) is 0 Å². The van der Waals surface area contributed by atoms with Gasteiger partial charge in [-0.05, 0) is 36.3 Å². The Bertz CT molecular complexity index is 612. The fourth-order valence-electron chi connectivity index (χ4n) is 2.83. The number of nitrogens with zero attached hydrogens (tertiary/aromatic N) is 1. The Kier molecular flexibility index (Phi) is 7.38. The van der Waals surface area contributed by atoms with Crippen molar-refractivity contribution in [3.63, 3.8) is 0 Å². The number of benzene rings is 2. The lowest BCUT2D eigenvalue weighted by Crippen LogP contribution is -2.35. The predicted molar refractivity (Wildman–Crippen MR) is 100 cm³/mol. The van der Waals surface area contributed by atoms with Gasteiger partial charge < -0.3 is 5.32 Å². The molecule has 23 heavy (non-hydrogen) atoms. The van der Waals surface area contributed by atoms with Crippen molar-refractivity contribution >= 4 is 23.2 Å². The largest absolute Gasteiger partial charge is 0.311 e. The molecular weight excluding hydrogens is 327 g/mol. The molecule has 1 N–H and O–H groups in total. The molecule has 0 radical (unpaired) electrons. The summed E-state index contributed by atoms with van der Waals surface area (Å²) in [5, 5.41) is 5.16. The van der Waals surface area contributed by atoms with Crippen molar-refractivity contribution in [2.45, 2.75) is 26.4 Å². The van der Waals surface area contributed by atoms with Gasteiger partial charge in [0.1, 0.15) is 0 Å². The van der Waals surface area contributed by atoms with Gasteiger partial charge in [-0.15, -0.1) is 0 Å². The Labute approximate surface area is 149 Å². The minimum absolute atomic E-state index is 0.251. The second-order valence-electron chi connectivity index (χ2n) is 5.48. The van der Waals surface area contributed by atoms with E-state index < -0.39 is 0 Å². The third-order valence-corrected chi connectivity index (χ3v) is 4.84. The van der Waals surface area contributed by atoms with Gasteiger partial charge in [-0.2, -0.15) is 0 Å². The van der Waals surface area contributed by atoms with Gasteiger partial charge in [-0.25, -0.2) is 0 Å². The maximum Gasteiger partial charge on any atom is 0.0487 e. The van der Waals surface area contributed by atoms with Gasteiger partial charge >= 0.3 is 0 Å². The molecule has 0 bridgehead atoms. The van der Waals surface area contributed by atoms with E-state index in [4.69, 9.17) is 23.2 Å². The van der Waals surface area contributed by atoms with E-state index in [0.717, 1.165) is 41.8 Å². The van der Waals surface area contributed by atoms with Crippen molar-refractivity contribution in [1.29, 1.82) is 0 Å². The van der Waals surface area contributed by atoms with Crippen LogP contribution < -0.4 is 5.32 Å². The lowest BCUT2D eigenvalue weighted by atomic mass is 10.0. The standard InChI is InChI=1S/C19H24Cl2N2/c1-3-23(4-2)19(16-10-6-8-12-18(16)21)14-22-13-15-9-5-7-11-17(15)20/h5-12,19,22H,3-4,13-14H2,1-2H3. The molecule has 0 aliphatic heterocycles. The molecule has 0 saturated carbocycles. The SMILES string of the molecule is CCN(CC)C(CNCc1ccccc1Cl)c1ccccc1Cl. The fourth-order valence-corrected chi connectivity index (χ4v) is 3.30. The average Bonchev–Trinajstić information content (AvgIpc) is 2.57. The summed E-state index contributed by atoms with van der Waals surface area (Å²) in [6.07, 6.45) is 0. The van der Waals surface area contributed by atoms with Crippen molar-refractivity contribution in [2.24, 2.45) is 0 Å². The van der Waals surface area contributed by atoms with Crippen LogP contribution in [0.5, 0.6) is 0 Å². The zero-order valence-corrected chi connectivity index (χ0v) is 15.2.